The van der Waals surface area contributed by atoms with E-state index >= 15 is 0 Å². The van der Waals surface area contributed by atoms with Crippen molar-refractivity contribution in [2.45, 2.75) is 104 Å². The highest BCUT2D eigenvalue weighted by atomic mass is 19.1. The first kappa shape index (κ1) is 41.1. The maximum atomic E-state index is 13.8. The number of benzene rings is 1. The van der Waals surface area contributed by atoms with E-state index in [1.165, 1.54) is 0 Å². The van der Waals surface area contributed by atoms with Gasteiger partial charge < -0.3 is 29.3 Å². The van der Waals surface area contributed by atoms with Crippen LogP contribution in [0.2, 0.25) is 0 Å². The molecule has 11 nitrogen and oxygen atoms in total. The zero-order valence-electron chi connectivity index (χ0n) is 32.0. The third kappa shape index (κ3) is 14.0. The Morgan fingerprint density at radius 3 is 2.34 bits per heavy atom. The number of amides is 3. The standard InChI is InChI=1S/C41H55FN4O7/c1-40(2,3)52-37(48)25-35(33-23-31(26-43-27-33)13-12-30-9-7-11-34(24-30)51-22-18-42)44-38(49)32-10-8-19-46(28-32)36(47)15-14-29-16-20-45(21-17-29)39(50)53-41(4,5)6/h7,9,11,23-24,26-27,29,32,35H,8,10,14-22,25,28H2,1-6H3,(H,44,49)/t32-,35+/m1/s1. The second-order valence-corrected chi connectivity index (χ2v) is 15.8. The predicted molar refractivity (Wildman–Crippen MR) is 199 cm³/mol. The average molecular weight is 735 g/mol. The number of hydrogen-bond donors (Lipinski definition) is 1. The van der Waals surface area contributed by atoms with Gasteiger partial charge >= 0.3 is 12.1 Å². The lowest BCUT2D eigenvalue weighted by atomic mass is 9.91. The van der Waals surface area contributed by atoms with Gasteiger partial charge in [0.05, 0.1) is 18.4 Å². The third-order valence-electron chi connectivity index (χ3n) is 8.98. The zero-order chi connectivity index (χ0) is 38.6. The number of esters is 1. The molecule has 1 aromatic heterocycles. The molecule has 0 aliphatic carbocycles. The minimum absolute atomic E-state index is 0.0253. The van der Waals surface area contributed by atoms with Crippen molar-refractivity contribution in [3.8, 4) is 17.6 Å². The van der Waals surface area contributed by atoms with Crippen LogP contribution in [-0.4, -0.2) is 89.3 Å². The van der Waals surface area contributed by atoms with Crippen molar-refractivity contribution in [1.29, 1.82) is 0 Å². The predicted octanol–water partition coefficient (Wildman–Crippen LogP) is 6.38. The van der Waals surface area contributed by atoms with Crippen molar-refractivity contribution in [2.24, 2.45) is 11.8 Å². The molecule has 288 valence electrons. The highest BCUT2D eigenvalue weighted by Gasteiger charge is 2.32. The first-order valence-electron chi connectivity index (χ1n) is 18.6. The average Bonchev–Trinajstić information content (AvgIpc) is 3.11. The van der Waals surface area contributed by atoms with Crippen LogP contribution in [0.1, 0.15) is 109 Å². The van der Waals surface area contributed by atoms with Gasteiger partial charge in [-0.05, 0) is 109 Å². The molecule has 1 N–H and O–H groups in total. The molecule has 53 heavy (non-hydrogen) atoms. The van der Waals surface area contributed by atoms with E-state index in [1.807, 2.05) is 26.8 Å². The second-order valence-electron chi connectivity index (χ2n) is 15.8. The van der Waals surface area contributed by atoms with Gasteiger partial charge in [0.2, 0.25) is 11.8 Å². The fourth-order valence-electron chi connectivity index (χ4n) is 6.41. The SMILES string of the molecule is CC(C)(C)OC(=O)C[C@H](NC(=O)[C@@H]1CCCN(C(=O)CCC2CCN(C(=O)OC(C)(C)C)CC2)C1)c1cncc(C#Cc2cccc(OCCF)c2)c1. The van der Waals surface area contributed by atoms with Gasteiger partial charge in [0.15, 0.2) is 0 Å². The Balaban J connectivity index is 1.37. The normalized spacial score (nSPS) is 17.2. The summed E-state index contributed by atoms with van der Waals surface area (Å²) in [5.41, 5.74) is 0.595. The van der Waals surface area contributed by atoms with Crippen LogP contribution in [0.5, 0.6) is 5.75 Å². The number of carbonyl (C=O) groups is 4. The number of aromatic nitrogens is 1. The topological polar surface area (TPSA) is 127 Å². The Morgan fingerprint density at radius 2 is 1.64 bits per heavy atom. The lowest BCUT2D eigenvalue weighted by Gasteiger charge is -2.35. The number of rotatable bonds is 11. The molecule has 0 bridgehead atoms. The molecule has 2 atom stereocenters. The van der Waals surface area contributed by atoms with Crippen molar-refractivity contribution in [2.75, 3.05) is 39.5 Å². The van der Waals surface area contributed by atoms with Gasteiger partial charge in [-0.1, -0.05) is 17.9 Å². The van der Waals surface area contributed by atoms with Crippen LogP contribution >= 0.6 is 0 Å². The Kier molecular flexibility index (Phi) is 14.7. The fraction of sp³-hybridized carbons (Fsp3) is 0.585. The van der Waals surface area contributed by atoms with Crippen molar-refractivity contribution < 1.29 is 37.8 Å². The summed E-state index contributed by atoms with van der Waals surface area (Å²) in [5.74, 6) is 5.88. The molecular formula is C41H55FN4O7. The van der Waals surface area contributed by atoms with Gasteiger partial charge in [-0.25, -0.2) is 9.18 Å². The summed E-state index contributed by atoms with van der Waals surface area (Å²) < 4.78 is 29.0. The number of alkyl halides is 1. The number of pyridine rings is 1. The highest BCUT2D eigenvalue weighted by molar-refractivity contribution is 5.82. The molecule has 12 heteroatoms. The van der Waals surface area contributed by atoms with E-state index in [-0.39, 0.29) is 30.9 Å². The van der Waals surface area contributed by atoms with Gasteiger partial charge in [0.25, 0.3) is 0 Å². The molecule has 2 aromatic rings. The maximum absolute atomic E-state index is 13.8. The minimum Gasteiger partial charge on any atom is -0.491 e. The van der Waals surface area contributed by atoms with Crippen LogP contribution in [-0.2, 0) is 23.9 Å². The molecule has 2 aliphatic heterocycles. The molecule has 3 heterocycles. The first-order valence-corrected chi connectivity index (χ1v) is 18.6. The van der Waals surface area contributed by atoms with E-state index in [0.29, 0.717) is 73.8 Å². The smallest absolute Gasteiger partial charge is 0.410 e. The van der Waals surface area contributed by atoms with E-state index < -0.39 is 35.8 Å². The molecule has 0 unspecified atom stereocenters. The van der Waals surface area contributed by atoms with Crippen LogP contribution < -0.4 is 10.1 Å². The molecule has 3 amide bonds. The number of piperidine rings is 2. The summed E-state index contributed by atoms with van der Waals surface area (Å²) in [5, 5.41) is 3.06. The molecule has 2 saturated heterocycles. The highest BCUT2D eigenvalue weighted by Crippen LogP contribution is 2.26. The van der Waals surface area contributed by atoms with Gasteiger partial charge in [0, 0.05) is 56.1 Å². The zero-order valence-corrected chi connectivity index (χ0v) is 32.0. The van der Waals surface area contributed by atoms with E-state index in [4.69, 9.17) is 14.2 Å². The lowest BCUT2D eigenvalue weighted by Crippen LogP contribution is -2.46. The van der Waals surface area contributed by atoms with E-state index in [0.717, 1.165) is 19.3 Å². The number of halogens is 1. The van der Waals surface area contributed by atoms with Crippen LogP contribution in [0, 0.1) is 23.7 Å². The Hall–Kier alpha value is -4.66. The minimum atomic E-state index is -0.735. The van der Waals surface area contributed by atoms with Gasteiger partial charge in [-0.15, -0.1) is 0 Å². The molecule has 0 saturated carbocycles. The molecular weight excluding hydrogens is 679 g/mol. The van der Waals surface area contributed by atoms with Gasteiger partial charge in [-0.2, -0.15) is 0 Å². The Labute approximate surface area is 313 Å². The van der Waals surface area contributed by atoms with Gasteiger partial charge in [0.1, 0.15) is 30.2 Å². The second kappa shape index (κ2) is 18.9. The summed E-state index contributed by atoms with van der Waals surface area (Å²) in [4.78, 5) is 60.4. The van der Waals surface area contributed by atoms with Crippen molar-refractivity contribution in [3.63, 3.8) is 0 Å². The number of hydrogen-bond acceptors (Lipinski definition) is 8. The summed E-state index contributed by atoms with van der Waals surface area (Å²) in [6, 6.07) is 8.09. The summed E-state index contributed by atoms with van der Waals surface area (Å²) in [7, 11) is 0. The summed E-state index contributed by atoms with van der Waals surface area (Å²) in [6.07, 6.45) is 6.87. The number of nitrogens with one attached hydrogen (secondary N) is 1. The molecule has 2 aliphatic rings. The number of likely N-dealkylation sites (tertiary alicyclic amines) is 2. The van der Waals surface area contributed by atoms with Crippen molar-refractivity contribution in [1.82, 2.24) is 20.1 Å². The van der Waals surface area contributed by atoms with E-state index in [1.54, 1.807) is 67.2 Å². The number of ether oxygens (including phenoxy) is 3. The van der Waals surface area contributed by atoms with E-state index in [9.17, 15) is 23.6 Å². The quantitative estimate of drug-likeness (QED) is 0.208. The maximum Gasteiger partial charge on any atom is 0.410 e. The largest absolute Gasteiger partial charge is 0.491 e. The molecule has 1 aromatic carbocycles. The van der Waals surface area contributed by atoms with Crippen LogP contribution in [0.3, 0.4) is 0 Å². The van der Waals surface area contributed by atoms with Crippen LogP contribution in [0.15, 0.2) is 42.7 Å². The molecule has 4 rings (SSSR count). The Bertz CT molecular complexity index is 1630. The van der Waals surface area contributed by atoms with Crippen molar-refractivity contribution >= 4 is 23.9 Å². The fourth-order valence-corrected chi connectivity index (χ4v) is 6.41. The molecule has 2 fully saturated rings. The third-order valence-corrected chi connectivity index (χ3v) is 8.98. The van der Waals surface area contributed by atoms with Gasteiger partial charge in [-0.3, -0.25) is 19.4 Å². The van der Waals surface area contributed by atoms with Crippen molar-refractivity contribution in [3.05, 3.63) is 59.4 Å². The monoisotopic (exact) mass is 734 g/mol. The summed E-state index contributed by atoms with van der Waals surface area (Å²) >= 11 is 0. The molecule has 0 radical (unpaired) electrons. The van der Waals surface area contributed by atoms with Crippen LogP contribution in [0.4, 0.5) is 9.18 Å². The van der Waals surface area contributed by atoms with E-state index in [2.05, 4.69) is 22.1 Å². The number of carbonyl (C=O) groups excluding carboxylic acids is 4. The number of nitrogens with zero attached hydrogens (tertiary/aromatic N) is 3. The van der Waals surface area contributed by atoms with Crippen LogP contribution in [0.25, 0.3) is 0 Å². The molecule has 0 spiro atoms. The lowest BCUT2D eigenvalue weighted by molar-refractivity contribution is -0.155. The first-order chi connectivity index (χ1) is 25.1. The summed E-state index contributed by atoms with van der Waals surface area (Å²) in [6.45, 7) is 12.4. The Morgan fingerprint density at radius 1 is 0.925 bits per heavy atom.